The third-order valence-electron chi connectivity index (χ3n) is 2.48. The van der Waals surface area contributed by atoms with Gasteiger partial charge in [-0.25, -0.2) is 0 Å². The molecule has 1 unspecified atom stereocenters. The zero-order valence-electron chi connectivity index (χ0n) is 7.88. The average Bonchev–Trinajstić information content (AvgIpc) is 2.19. The second kappa shape index (κ2) is 5.45. The van der Waals surface area contributed by atoms with E-state index in [0.717, 1.165) is 26.1 Å². The fourth-order valence-corrected chi connectivity index (χ4v) is 1.70. The third kappa shape index (κ3) is 3.53. The molecule has 1 atom stereocenters. The van der Waals surface area contributed by atoms with E-state index in [9.17, 15) is 4.79 Å². The summed E-state index contributed by atoms with van der Waals surface area (Å²) in [6.45, 7) is 3.65. The van der Waals surface area contributed by atoms with Crippen LogP contribution in [0.15, 0.2) is 0 Å². The van der Waals surface area contributed by atoms with Crippen LogP contribution in [-0.2, 0) is 9.53 Å². The van der Waals surface area contributed by atoms with Gasteiger partial charge in [0.2, 0.25) is 5.91 Å². The predicted octanol–water partition coefficient (Wildman–Crippen LogP) is 1.16. The van der Waals surface area contributed by atoms with Gasteiger partial charge in [0.15, 0.2) is 0 Å². The first-order valence-corrected chi connectivity index (χ1v) is 5.20. The monoisotopic (exact) mass is 205 g/mol. The topological polar surface area (TPSA) is 38.3 Å². The van der Waals surface area contributed by atoms with Crippen molar-refractivity contribution >= 4 is 17.5 Å². The van der Waals surface area contributed by atoms with Crippen LogP contribution in [0.5, 0.6) is 0 Å². The van der Waals surface area contributed by atoms with Gasteiger partial charge in [-0.1, -0.05) is 0 Å². The zero-order chi connectivity index (χ0) is 9.68. The first kappa shape index (κ1) is 10.8. The molecular weight excluding hydrogens is 190 g/mol. The summed E-state index contributed by atoms with van der Waals surface area (Å²) in [6.07, 6.45) is 2.06. The molecule has 76 valence electrons. The fourth-order valence-electron chi connectivity index (χ4n) is 1.63. The van der Waals surface area contributed by atoms with Gasteiger partial charge < -0.3 is 10.1 Å². The van der Waals surface area contributed by atoms with Crippen molar-refractivity contribution in [3.8, 4) is 0 Å². The largest absolute Gasteiger partial charge is 0.381 e. The van der Waals surface area contributed by atoms with Crippen LogP contribution in [0.1, 0.15) is 19.8 Å². The fraction of sp³-hybridized carbons (Fsp3) is 0.889. The zero-order valence-corrected chi connectivity index (χ0v) is 8.64. The van der Waals surface area contributed by atoms with Crippen molar-refractivity contribution in [1.29, 1.82) is 0 Å². The first-order chi connectivity index (χ1) is 6.24. The maximum Gasteiger partial charge on any atom is 0.235 e. The van der Waals surface area contributed by atoms with Crippen LogP contribution in [0.25, 0.3) is 0 Å². The molecule has 1 aliphatic rings. The number of carbonyl (C=O) groups excluding carboxylic acids is 1. The third-order valence-corrected chi connectivity index (χ3v) is 2.73. The second-order valence-electron chi connectivity index (χ2n) is 3.44. The molecule has 0 radical (unpaired) electrons. The van der Waals surface area contributed by atoms with Gasteiger partial charge in [-0.3, -0.25) is 4.79 Å². The molecule has 0 aromatic heterocycles. The average molecular weight is 206 g/mol. The Bertz CT molecular complexity index is 169. The molecule has 4 heteroatoms. The number of hydrogen-bond donors (Lipinski definition) is 1. The number of alkyl halides is 1. The number of carbonyl (C=O) groups is 1. The van der Waals surface area contributed by atoms with E-state index < -0.39 is 0 Å². The molecule has 13 heavy (non-hydrogen) atoms. The van der Waals surface area contributed by atoms with E-state index >= 15 is 0 Å². The Morgan fingerprint density at radius 1 is 1.62 bits per heavy atom. The molecule has 1 fully saturated rings. The minimum absolute atomic E-state index is 0.0492. The van der Waals surface area contributed by atoms with Gasteiger partial charge in [0, 0.05) is 19.3 Å². The number of nitrogens with one attached hydrogen (secondary N) is 1. The molecule has 0 spiro atoms. The lowest BCUT2D eigenvalue weighted by atomic mass is 9.93. The van der Waals surface area contributed by atoms with Crippen molar-refractivity contribution < 1.29 is 9.53 Å². The van der Waals surface area contributed by atoms with E-state index in [1.807, 2.05) is 6.92 Å². The van der Waals surface area contributed by atoms with Crippen LogP contribution >= 0.6 is 11.6 Å². The van der Waals surface area contributed by atoms with E-state index in [1.54, 1.807) is 0 Å². The van der Waals surface area contributed by atoms with E-state index in [-0.39, 0.29) is 17.8 Å². The maximum atomic E-state index is 11.0. The Hall–Kier alpha value is -0.280. The summed E-state index contributed by atoms with van der Waals surface area (Å²) in [4.78, 5) is 11.0. The summed E-state index contributed by atoms with van der Waals surface area (Å²) < 4.78 is 5.24. The standard InChI is InChI=1S/C9H16ClNO2/c1-7(11-9(12)6-10)8-2-4-13-5-3-8/h7-8H,2-6H2,1H3,(H,11,12). The molecule has 0 aliphatic carbocycles. The summed E-state index contributed by atoms with van der Waals surface area (Å²) in [5, 5.41) is 2.87. The summed E-state index contributed by atoms with van der Waals surface area (Å²) in [5.41, 5.74) is 0. The van der Waals surface area contributed by atoms with E-state index in [0.29, 0.717) is 5.92 Å². The first-order valence-electron chi connectivity index (χ1n) is 4.67. The van der Waals surface area contributed by atoms with Crippen LogP contribution in [0.2, 0.25) is 0 Å². The predicted molar refractivity (Wildman–Crippen MR) is 51.9 cm³/mol. The molecule has 1 saturated heterocycles. The Balaban J connectivity index is 2.28. The lowest BCUT2D eigenvalue weighted by molar-refractivity contribution is -0.119. The summed E-state index contributed by atoms with van der Waals surface area (Å²) in [6, 6.07) is 0.218. The molecule has 3 nitrogen and oxygen atoms in total. The number of amides is 1. The van der Waals surface area contributed by atoms with Gasteiger partial charge in [-0.05, 0) is 25.7 Å². The van der Waals surface area contributed by atoms with E-state index in [2.05, 4.69) is 5.32 Å². The highest BCUT2D eigenvalue weighted by atomic mass is 35.5. The minimum atomic E-state index is -0.0827. The molecule has 1 rings (SSSR count). The van der Waals surface area contributed by atoms with Crippen LogP contribution in [-0.4, -0.2) is 31.0 Å². The van der Waals surface area contributed by atoms with Crippen molar-refractivity contribution in [3.63, 3.8) is 0 Å². The molecule has 0 aromatic carbocycles. The van der Waals surface area contributed by atoms with Gasteiger partial charge in [0.25, 0.3) is 0 Å². The molecule has 1 aliphatic heterocycles. The van der Waals surface area contributed by atoms with Gasteiger partial charge >= 0.3 is 0 Å². The lowest BCUT2D eigenvalue weighted by Gasteiger charge is -2.28. The second-order valence-corrected chi connectivity index (χ2v) is 3.71. The van der Waals surface area contributed by atoms with Gasteiger partial charge in [-0.15, -0.1) is 11.6 Å². The lowest BCUT2D eigenvalue weighted by Crippen LogP contribution is -2.40. The smallest absolute Gasteiger partial charge is 0.235 e. The van der Waals surface area contributed by atoms with Crippen molar-refractivity contribution in [1.82, 2.24) is 5.32 Å². The highest BCUT2D eigenvalue weighted by molar-refractivity contribution is 6.27. The highest BCUT2D eigenvalue weighted by Gasteiger charge is 2.21. The van der Waals surface area contributed by atoms with Crippen molar-refractivity contribution in [2.24, 2.45) is 5.92 Å². The van der Waals surface area contributed by atoms with Crippen molar-refractivity contribution in [2.75, 3.05) is 19.1 Å². The summed E-state index contributed by atoms with van der Waals surface area (Å²) in [5.74, 6) is 0.509. The Morgan fingerprint density at radius 3 is 2.77 bits per heavy atom. The SMILES string of the molecule is CC(NC(=O)CCl)C1CCOCC1. The van der Waals surface area contributed by atoms with Crippen LogP contribution in [0.4, 0.5) is 0 Å². The van der Waals surface area contributed by atoms with E-state index in [4.69, 9.17) is 16.3 Å². The number of ether oxygens (including phenoxy) is 1. The molecule has 0 bridgehead atoms. The van der Waals surface area contributed by atoms with Crippen LogP contribution in [0.3, 0.4) is 0 Å². The molecule has 1 heterocycles. The summed E-state index contributed by atoms with van der Waals surface area (Å²) in [7, 11) is 0. The van der Waals surface area contributed by atoms with Gasteiger partial charge in [0.05, 0.1) is 0 Å². The van der Waals surface area contributed by atoms with Gasteiger partial charge in [-0.2, -0.15) is 0 Å². The normalized spacial score (nSPS) is 21.1. The number of halogens is 1. The molecule has 1 amide bonds. The number of rotatable bonds is 3. The molecule has 0 aromatic rings. The Labute approximate surface area is 83.8 Å². The molecule has 1 N–H and O–H groups in total. The Kier molecular flexibility index (Phi) is 4.53. The van der Waals surface area contributed by atoms with Crippen LogP contribution < -0.4 is 5.32 Å². The number of hydrogen-bond acceptors (Lipinski definition) is 2. The maximum absolute atomic E-state index is 11.0. The van der Waals surface area contributed by atoms with E-state index in [1.165, 1.54) is 0 Å². The Morgan fingerprint density at radius 2 is 2.23 bits per heavy atom. The van der Waals surface area contributed by atoms with Crippen LogP contribution in [0, 0.1) is 5.92 Å². The van der Waals surface area contributed by atoms with Gasteiger partial charge in [0.1, 0.15) is 5.88 Å². The molecule has 0 saturated carbocycles. The summed E-state index contributed by atoms with van der Waals surface area (Å²) >= 11 is 5.40. The quantitative estimate of drug-likeness (QED) is 0.703. The van der Waals surface area contributed by atoms with Crippen molar-refractivity contribution in [3.05, 3.63) is 0 Å². The molecular formula is C9H16ClNO2. The minimum Gasteiger partial charge on any atom is -0.381 e. The van der Waals surface area contributed by atoms with Crippen molar-refractivity contribution in [2.45, 2.75) is 25.8 Å². The highest BCUT2D eigenvalue weighted by Crippen LogP contribution is 2.18.